The van der Waals surface area contributed by atoms with Gasteiger partial charge in [-0.05, 0) is 31.0 Å². The molecule has 2 N–H and O–H groups in total. The van der Waals surface area contributed by atoms with Crippen LogP contribution in [-0.2, 0) is 4.79 Å². The van der Waals surface area contributed by atoms with Crippen LogP contribution < -0.4 is 10.9 Å². The summed E-state index contributed by atoms with van der Waals surface area (Å²) in [4.78, 5) is 23.2. The van der Waals surface area contributed by atoms with Crippen molar-refractivity contribution in [2.45, 2.75) is 25.7 Å². The molecule has 0 spiro atoms. The molecule has 1 aromatic carbocycles. The lowest BCUT2D eigenvalue weighted by atomic mass is 10.1. The molecule has 1 amide bonds. The maximum absolute atomic E-state index is 12.1. The predicted octanol–water partition coefficient (Wildman–Crippen LogP) is 2.57. The van der Waals surface area contributed by atoms with E-state index in [9.17, 15) is 9.59 Å². The Hall–Kier alpha value is -2.43. The van der Waals surface area contributed by atoms with Crippen molar-refractivity contribution in [3.8, 4) is 11.3 Å². The Morgan fingerprint density at radius 3 is 2.71 bits per heavy atom. The van der Waals surface area contributed by atoms with Crippen LogP contribution in [0.3, 0.4) is 0 Å². The number of anilines is 1. The molecule has 0 aliphatic heterocycles. The molecule has 0 atom stereocenters. The van der Waals surface area contributed by atoms with Gasteiger partial charge >= 0.3 is 0 Å². The number of benzene rings is 1. The third-order valence-corrected chi connectivity index (χ3v) is 3.83. The Bertz CT molecular complexity index is 682. The number of hydrogen-bond acceptors (Lipinski definition) is 3. The second-order valence-electron chi connectivity index (χ2n) is 5.36. The van der Waals surface area contributed by atoms with E-state index in [1.54, 1.807) is 6.07 Å². The monoisotopic (exact) mass is 283 g/mol. The highest BCUT2D eigenvalue weighted by atomic mass is 16.2. The summed E-state index contributed by atoms with van der Waals surface area (Å²) in [7, 11) is 0. The molecule has 5 heteroatoms. The number of carbonyl (C=O) groups excluding carboxylic acids is 1. The number of nitrogens with zero attached hydrogens (tertiary/aromatic N) is 1. The molecule has 21 heavy (non-hydrogen) atoms. The van der Waals surface area contributed by atoms with Crippen LogP contribution >= 0.6 is 0 Å². The van der Waals surface area contributed by atoms with Crippen LogP contribution in [0.5, 0.6) is 0 Å². The van der Waals surface area contributed by atoms with E-state index >= 15 is 0 Å². The normalized spacial score (nSPS) is 15.0. The van der Waals surface area contributed by atoms with Gasteiger partial charge in [0, 0.05) is 23.2 Å². The zero-order chi connectivity index (χ0) is 14.7. The van der Waals surface area contributed by atoms with Crippen LogP contribution in [0.15, 0.2) is 41.2 Å². The first-order valence-corrected chi connectivity index (χ1v) is 7.19. The van der Waals surface area contributed by atoms with E-state index in [0.717, 1.165) is 36.9 Å². The summed E-state index contributed by atoms with van der Waals surface area (Å²) in [5.74, 6) is 0.235. The molecule has 0 radical (unpaired) electrons. The Kier molecular flexibility index (Phi) is 3.81. The summed E-state index contributed by atoms with van der Waals surface area (Å²) in [5, 5.41) is 9.37. The molecule has 1 heterocycles. The van der Waals surface area contributed by atoms with Crippen molar-refractivity contribution < 1.29 is 4.79 Å². The largest absolute Gasteiger partial charge is 0.326 e. The average Bonchev–Trinajstić information content (AvgIpc) is 3.02. The number of aromatic amines is 1. The molecular weight excluding hydrogens is 266 g/mol. The molecule has 0 unspecified atom stereocenters. The molecule has 1 aromatic heterocycles. The molecule has 1 saturated carbocycles. The van der Waals surface area contributed by atoms with Gasteiger partial charge in [0.1, 0.15) is 0 Å². The highest BCUT2D eigenvalue weighted by Gasteiger charge is 2.22. The van der Waals surface area contributed by atoms with E-state index in [4.69, 9.17) is 0 Å². The summed E-state index contributed by atoms with van der Waals surface area (Å²) in [6, 6.07) is 10.6. The fourth-order valence-corrected chi connectivity index (χ4v) is 2.69. The highest BCUT2D eigenvalue weighted by molar-refractivity contribution is 5.93. The molecule has 1 aliphatic carbocycles. The Morgan fingerprint density at radius 2 is 2.00 bits per heavy atom. The van der Waals surface area contributed by atoms with Crippen LogP contribution in [0.2, 0.25) is 0 Å². The van der Waals surface area contributed by atoms with Crippen molar-refractivity contribution >= 4 is 11.6 Å². The standard InChI is InChI=1S/C16H17N3O2/c20-15-9-8-14(18-19-15)12-6-3-7-13(10-12)17-16(21)11-4-1-2-5-11/h3,6-11H,1-2,4-5H2,(H,17,21)(H,19,20). The van der Waals surface area contributed by atoms with E-state index in [1.807, 2.05) is 24.3 Å². The lowest BCUT2D eigenvalue weighted by Crippen LogP contribution is -2.20. The number of hydrogen-bond donors (Lipinski definition) is 2. The minimum Gasteiger partial charge on any atom is -0.326 e. The van der Waals surface area contributed by atoms with Crippen LogP contribution in [0.4, 0.5) is 5.69 Å². The number of H-pyrrole nitrogens is 1. The lowest BCUT2D eigenvalue weighted by Gasteiger charge is -2.11. The quantitative estimate of drug-likeness (QED) is 0.909. The summed E-state index contributed by atoms with van der Waals surface area (Å²) in [6.45, 7) is 0. The molecule has 1 fully saturated rings. The summed E-state index contributed by atoms with van der Waals surface area (Å²) in [5.41, 5.74) is 2.06. The Morgan fingerprint density at radius 1 is 1.19 bits per heavy atom. The van der Waals surface area contributed by atoms with Gasteiger partial charge in [0.2, 0.25) is 5.91 Å². The minimum atomic E-state index is -0.232. The molecule has 1 aliphatic rings. The zero-order valence-corrected chi connectivity index (χ0v) is 11.6. The fraction of sp³-hybridized carbons (Fsp3) is 0.312. The van der Waals surface area contributed by atoms with Crippen molar-refractivity contribution in [3.63, 3.8) is 0 Å². The summed E-state index contributed by atoms with van der Waals surface area (Å²) < 4.78 is 0. The first-order chi connectivity index (χ1) is 10.2. The van der Waals surface area contributed by atoms with Crippen LogP contribution in [-0.4, -0.2) is 16.1 Å². The number of aromatic nitrogens is 2. The summed E-state index contributed by atoms with van der Waals surface area (Å²) in [6.07, 6.45) is 4.23. The molecular formula is C16H17N3O2. The van der Waals surface area contributed by atoms with E-state index in [-0.39, 0.29) is 17.4 Å². The van der Waals surface area contributed by atoms with Gasteiger partial charge in [-0.15, -0.1) is 0 Å². The highest BCUT2D eigenvalue weighted by Crippen LogP contribution is 2.26. The molecule has 3 rings (SSSR count). The fourth-order valence-electron chi connectivity index (χ4n) is 2.69. The van der Waals surface area contributed by atoms with Gasteiger partial charge in [-0.3, -0.25) is 9.59 Å². The maximum atomic E-state index is 12.1. The van der Waals surface area contributed by atoms with E-state index < -0.39 is 0 Å². The van der Waals surface area contributed by atoms with E-state index in [2.05, 4.69) is 15.5 Å². The van der Waals surface area contributed by atoms with Gasteiger partial charge < -0.3 is 5.32 Å². The smallest absolute Gasteiger partial charge is 0.264 e. The van der Waals surface area contributed by atoms with Gasteiger partial charge in [0.25, 0.3) is 5.56 Å². The van der Waals surface area contributed by atoms with Gasteiger partial charge in [-0.2, -0.15) is 5.10 Å². The summed E-state index contributed by atoms with van der Waals surface area (Å²) >= 11 is 0. The number of rotatable bonds is 3. The SMILES string of the molecule is O=C(Nc1cccc(-c2ccc(=O)[nH]n2)c1)C1CCCC1. The van der Waals surface area contributed by atoms with Gasteiger partial charge in [-0.1, -0.05) is 25.0 Å². The van der Waals surface area contributed by atoms with Crippen molar-refractivity contribution in [2.75, 3.05) is 5.32 Å². The van der Waals surface area contributed by atoms with Crippen LogP contribution in [0, 0.1) is 5.92 Å². The molecule has 2 aromatic rings. The molecule has 108 valence electrons. The number of amides is 1. The molecule has 0 saturated heterocycles. The molecule has 5 nitrogen and oxygen atoms in total. The average molecular weight is 283 g/mol. The van der Waals surface area contributed by atoms with Gasteiger partial charge in [0.15, 0.2) is 0 Å². The third-order valence-electron chi connectivity index (χ3n) is 3.83. The van der Waals surface area contributed by atoms with Crippen LogP contribution in [0.25, 0.3) is 11.3 Å². The van der Waals surface area contributed by atoms with Crippen molar-refractivity contribution in [3.05, 3.63) is 46.8 Å². The number of nitrogens with one attached hydrogen (secondary N) is 2. The zero-order valence-electron chi connectivity index (χ0n) is 11.6. The van der Waals surface area contributed by atoms with Gasteiger partial charge in [0.05, 0.1) is 5.69 Å². The van der Waals surface area contributed by atoms with Gasteiger partial charge in [-0.25, -0.2) is 5.10 Å². The first kappa shape index (κ1) is 13.5. The third kappa shape index (κ3) is 3.18. The number of carbonyl (C=O) groups is 1. The first-order valence-electron chi connectivity index (χ1n) is 7.19. The lowest BCUT2D eigenvalue weighted by molar-refractivity contribution is -0.119. The van der Waals surface area contributed by atoms with Crippen LogP contribution in [0.1, 0.15) is 25.7 Å². The van der Waals surface area contributed by atoms with Crippen molar-refractivity contribution in [1.82, 2.24) is 10.2 Å². The topological polar surface area (TPSA) is 74.8 Å². The van der Waals surface area contributed by atoms with E-state index in [1.165, 1.54) is 6.07 Å². The second kappa shape index (κ2) is 5.91. The Balaban J connectivity index is 1.78. The van der Waals surface area contributed by atoms with Crippen molar-refractivity contribution in [1.29, 1.82) is 0 Å². The molecule has 0 bridgehead atoms. The van der Waals surface area contributed by atoms with Crippen molar-refractivity contribution in [2.24, 2.45) is 5.92 Å². The minimum absolute atomic E-state index is 0.0964. The predicted molar refractivity (Wildman–Crippen MR) is 80.9 cm³/mol. The second-order valence-corrected chi connectivity index (χ2v) is 5.36. The van der Waals surface area contributed by atoms with E-state index in [0.29, 0.717) is 5.69 Å². The maximum Gasteiger partial charge on any atom is 0.264 e. The Labute approximate surface area is 122 Å².